The van der Waals surface area contributed by atoms with Crippen molar-refractivity contribution in [1.29, 1.82) is 0 Å². The fourth-order valence-corrected chi connectivity index (χ4v) is 3.37. The van der Waals surface area contributed by atoms with E-state index in [1.807, 2.05) is 28.9 Å². The van der Waals surface area contributed by atoms with E-state index in [9.17, 15) is 4.39 Å². The number of benzene rings is 2. The van der Waals surface area contributed by atoms with Gasteiger partial charge in [-0.2, -0.15) is 5.10 Å². The molecule has 0 spiro atoms. The maximum atomic E-state index is 14.6. The van der Waals surface area contributed by atoms with Crippen LogP contribution in [0, 0.1) is 12.4 Å². The predicted octanol–water partition coefficient (Wildman–Crippen LogP) is 5.68. The van der Waals surface area contributed by atoms with Crippen LogP contribution in [0.1, 0.15) is 36.9 Å². The number of nitrogens with zero attached hydrogens (tertiary/aromatic N) is 3. The number of rotatable bonds is 6. The van der Waals surface area contributed by atoms with Crippen LogP contribution >= 0.6 is 11.6 Å². The summed E-state index contributed by atoms with van der Waals surface area (Å²) in [6.45, 7) is 10.4. The minimum absolute atomic E-state index is 0.269. The molecule has 0 aliphatic rings. The summed E-state index contributed by atoms with van der Waals surface area (Å²) in [5.41, 5.74) is 2.41. The van der Waals surface area contributed by atoms with Gasteiger partial charge in [-0.25, -0.2) is 11.0 Å². The lowest BCUT2D eigenvalue weighted by molar-refractivity contribution is 0.571. The summed E-state index contributed by atoms with van der Waals surface area (Å²) in [6, 6.07) is 12.7. The molecule has 0 saturated heterocycles. The van der Waals surface area contributed by atoms with Crippen LogP contribution in [0.4, 0.5) is 4.39 Å². The molecular weight excluding hydrogens is 337 g/mol. The van der Waals surface area contributed by atoms with Gasteiger partial charge in [0.2, 0.25) is 6.54 Å². The molecule has 128 valence electrons. The van der Waals surface area contributed by atoms with Gasteiger partial charge in [-0.15, -0.1) is 0 Å². The minimum Gasteiger partial charge on any atom is -0.317 e. The van der Waals surface area contributed by atoms with Gasteiger partial charge in [-0.1, -0.05) is 42.8 Å². The Hall–Kier alpha value is -2.38. The van der Waals surface area contributed by atoms with E-state index in [1.165, 1.54) is 6.07 Å². The molecule has 5 heteroatoms. The molecule has 3 rings (SSSR count). The Bertz CT molecular complexity index is 926. The highest BCUT2D eigenvalue weighted by Crippen LogP contribution is 2.35. The van der Waals surface area contributed by atoms with E-state index in [4.69, 9.17) is 23.3 Å². The molecule has 3 aromatic rings. The topological polar surface area (TPSA) is 22.2 Å². The Morgan fingerprint density at radius 1 is 1.28 bits per heavy atom. The molecule has 3 nitrogen and oxygen atoms in total. The first-order chi connectivity index (χ1) is 12.2. The van der Waals surface area contributed by atoms with Crippen LogP contribution in [0.25, 0.3) is 15.7 Å². The molecule has 0 aliphatic carbocycles. The summed E-state index contributed by atoms with van der Waals surface area (Å²) in [7, 11) is 0. The third-order valence-corrected chi connectivity index (χ3v) is 4.55. The van der Waals surface area contributed by atoms with Gasteiger partial charge in [0.15, 0.2) is 0 Å². The van der Waals surface area contributed by atoms with Gasteiger partial charge in [0.25, 0.3) is 0 Å². The van der Waals surface area contributed by atoms with Crippen LogP contribution in [0.3, 0.4) is 0 Å². The van der Waals surface area contributed by atoms with Crippen molar-refractivity contribution in [1.82, 2.24) is 9.78 Å². The number of fused-ring (bicyclic) bond motifs is 1. The highest BCUT2D eigenvalue weighted by atomic mass is 35.5. The zero-order valence-electron chi connectivity index (χ0n) is 14.0. The van der Waals surface area contributed by atoms with Crippen molar-refractivity contribution in [3.8, 4) is 0 Å². The van der Waals surface area contributed by atoms with E-state index in [1.54, 1.807) is 12.1 Å². The molecule has 0 bridgehead atoms. The number of aryl methyl sites for hydroxylation is 1. The number of aromatic nitrogens is 2. The van der Waals surface area contributed by atoms with E-state index in [-0.39, 0.29) is 11.7 Å². The summed E-state index contributed by atoms with van der Waals surface area (Å²) in [5, 5.41) is 6.17. The van der Waals surface area contributed by atoms with Crippen molar-refractivity contribution < 1.29 is 4.39 Å². The summed E-state index contributed by atoms with van der Waals surface area (Å²) in [4.78, 5) is 3.46. The Labute approximate surface area is 151 Å². The Kier molecular flexibility index (Phi) is 5.35. The molecule has 1 atom stereocenters. The SMILES string of the molecule is [C-]#[N+]CCC(c1ccc(Cl)cc1F)c1nn(CCC)c2ccccc12. The summed E-state index contributed by atoms with van der Waals surface area (Å²) >= 11 is 5.90. The second kappa shape index (κ2) is 7.67. The van der Waals surface area contributed by atoms with Crippen molar-refractivity contribution in [2.75, 3.05) is 6.54 Å². The van der Waals surface area contributed by atoms with Crippen LogP contribution in [0.5, 0.6) is 0 Å². The van der Waals surface area contributed by atoms with Gasteiger partial charge in [-0.3, -0.25) is 4.68 Å². The average Bonchev–Trinajstić information content (AvgIpc) is 2.96. The standard InChI is InChI=1S/C20H19ClFN3/c1-3-12-25-19-7-5-4-6-17(19)20(24-25)16(10-11-23-2)15-9-8-14(21)13-18(15)22/h4-9,13,16H,3,10-12H2,1H3. The minimum atomic E-state index is -0.350. The summed E-state index contributed by atoms with van der Waals surface area (Å²) in [5.74, 6) is -0.619. The van der Waals surface area contributed by atoms with Crippen molar-refractivity contribution in [2.24, 2.45) is 0 Å². The molecule has 0 N–H and O–H groups in total. The second-order valence-electron chi connectivity index (χ2n) is 6.01. The Morgan fingerprint density at radius 3 is 2.80 bits per heavy atom. The molecule has 25 heavy (non-hydrogen) atoms. The zero-order valence-corrected chi connectivity index (χ0v) is 14.8. The fraction of sp³-hybridized carbons (Fsp3) is 0.300. The second-order valence-corrected chi connectivity index (χ2v) is 6.45. The van der Waals surface area contributed by atoms with Crippen molar-refractivity contribution in [3.63, 3.8) is 0 Å². The van der Waals surface area contributed by atoms with E-state index in [0.29, 0.717) is 23.6 Å². The summed E-state index contributed by atoms with van der Waals surface area (Å²) < 4.78 is 16.5. The lowest BCUT2D eigenvalue weighted by Gasteiger charge is -2.14. The normalized spacial score (nSPS) is 12.2. The first kappa shape index (κ1) is 17.4. The smallest absolute Gasteiger partial charge is 0.215 e. The first-order valence-corrected chi connectivity index (χ1v) is 8.77. The fourth-order valence-electron chi connectivity index (χ4n) is 3.21. The maximum absolute atomic E-state index is 14.6. The molecule has 0 amide bonds. The lowest BCUT2D eigenvalue weighted by Crippen LogP contribution is -2.08. The van der Waals surface area contributed by atoms with E-state index in [2.05, 4.69) is 11.8 Å². The summed E-state index contributed by atoms with van der Waals surface area (Å²) in [6.07, 6.45) is 1.49. The van der Waals surface area contributed by atoms with Crippen molar-refractivity contribution in [2.45, 2.75) is 32.2 Å². The van der Waals surface area contributed by atoms with Crippen LogP contribution in [0.15, 0.2) is 42.5 Å². The van der Waals surface area contributed by atoms with Crippen molar-refractivity contribution in [3.05, 3.63) is 76.0 Å². The largest absolute Gasteiger partial charge is 0.317 e. The van der Waals surface area contributed by atoms with Crippen LogP contribution < -0.4 is 0 Å². The van der Waals surface area contributed by atoms with Crippen LogP contribution in [-0.2, 0) is 6.54 Å². The predicted molar refractivity (Wildman–Crippen MR) is 99.4 cm³/mol. The van der Waals surface area contributed by atoms with Crippen molar-refractivity contribution >= 4 is 22.5 Å². The quantitative estimate of drug-likeness (QED) is 0.521. The number of hydrogen-bond donors (Lipinski definition) is 0. The van der Waals surface area contributed by atoms with E-state index >= 15 is 0 Å². The molecule has 1 unspecified atom stereocenters. The first-order valence-electron chi connectivity index (χ1n) is 8.39. The molecule has 0 aliphatic heterocycles. The molecule has 2 aromatic carbocycles. The zero-order chi connectivity index (χ0) is 17.8. The highest BCUT2D eigenvalue weighted by molar-refractivity contribution is 6.30. The van der Waals surface area contributed by atoms with Gasteiger partial charge < -0.3 is 4.85 Å². The third-order valence-electron chi connectivity index (χ3n) is 4.32. The molecule has 1 aromatic heterocycles. The van der Waals surface area contributed by atoms with Crippen LogP contribution in [0.2, 0.25) is 5.02 Å². The van der Waals surface area contributed by atoms with Crippen LogP contribution in [-0.4, -0.2) is 16.3 Å². The van der Waals surface area contributed by atoms with E-state index in [0.717, 1.165) is 29.6 Å². The third kappa shape index (κ3) is 3.52. The number of halogens is 2. The number of para-hydroxylation sites is 1. The van der Waals surface area contributed by atoms with E-state index < -0.39 is 0 Å². The Morgan fingerprint density at radius 2 is 2.08 bits per heavy atom. The maximum Gasteiger partial charge on any atom is 0.215 e. The average molecular weight is 356 g/mol. The molecule has 1 heterocycles. The molecule has 0 fully saturated rings. The highest BCUT2D eigenvalue weighted by Gasteiger charge is 2.25. The number of hydrogen-bond acceptors (Lipinski definition) is 1. The molecule has 0 saturated carbocycles. The monoisotopic (exact) mass is 355 g/mol. The van der Waals surface area contributed by atoms with Gasteiger partial charge in [0.1, 0.15) is 5.82 Å². The van der Waals surface area contributed by atoms with Gasteiger partial charge >= 0.3 is 0 Å². The Balaban J connectivity index is 2.17. The molecular formula is C20H19ClFN3. The van der Waals surface area contributed by atoms with Gasteiger partial charge in [0.05, 0.1) is 11.2 Å². The molecule has 0 radical (unpaired) electrons. The van der Waals surface area contributed by atoms with Gasteiger partial charge in [0, 0.05) is 29.3 Å². The van der Waals surface area contributed by atoms with Gasteiger partial charge in [-0.05, 0) is 30.2 Å². The lowest BCUT2D eigenvalue weighted by atomic mass is 9.90.